The molecule has 1 aliphatic carbocycles. The van der Waals surface area contributed by atoms with E-state index < -0.39 is 0 Å². The van der Waals surface area contributed by atoms with E-state index in [1.165, 1.54) is 51.6 Å². The number of hydrogen-bond donors (Lipinski definition) is 2. The summed E-state index contributed by atoms with van der Waals surface area (Å²) in [7, 11) is 0. The zero-order valence-corrected chi connectivity index (χ0v) is 17.5. The van der Waals surface area contributed by atoms with Crippen LogP contribution in [-0.4, -0.2) is 61.8 Å². The fourth-order valence-electron chi connectivity index (χ4n) is 4.33. The summed E-state index contributed by atoms with van der Waals surface area (Å²) in [4.78, 5) is 7.71. The third kappa shape index (κ3) is 5.21. The summed E-state index contributed by atoms with van der Waals surface area (Å²) in [5, 5.41) is 7.10. The lowest BCUT2D eigenvalue weighted by Crippen LogP contribution is -2.54. The van der Waals surface area contributed by atoms with Crippen LogP contribution in [0.3, 0.4) is 0 Å². The molecule has 1 saturated carbocycles. The van der Waals surface area contributed by atoms with Crippen molar-refractivity contribution < 1.29 is 4.74 Å². The van der Waals surface area contributed by atoms with Crippen LogP contribution >= 0.6 is 24.0 Å². The third-order valence-electron chi connectivity index (χ3n) is 5.77. The van der Waals surface area contributed by atoms with Gasteiger partial charge in [-0.1, -0.05) is 12.8 Å². The number of likely N-dealkylation sites (tertiary alicyclic amines) is 1. The number of nitrogens with zero attached hydrogens (tertiary/aromatic N) is 2. The molecule has 3 aliphatic rings. The van der Waals surface area contributed by atoms with E-state index in [1.54, 1.807) is 0 Å². The highest BCUT2D eigenvalue weighted by Gasteiger charge is 2.39. The predicted octanol–water partition coefficient (Wildman–Crippen LogP) is 2.75. The summed E-state index contributed by atoms with van der Waals surface area (Å²) >= 11 is 0. The van der Waals surface area contributed by atoms with Crippen molar-refractivity contribution in [1.82, 2.24) is 15.5 Å². The second-order valence-corrected chi connectivity index (χ2v) is 7.35. The van der Waals surface area contributed by atoms with Crippen molar-refractivity contribution in [3.8, 4) is 0 Å². The van der Waals surface area contributed by atoms with Gasteiger partial charge >= 0.3 is 0 Å². The van der Waals surface area contributed by atoms with Gasteiger partial charge in [-0.15, -0.1) is 24.0 Å². The largest absolute Gasteiger partial charge is 0.381 e. The van der Waals surface area contributed by atoms with E-state index in [0.717, 1.165) is 45.1 Å². The van der Waals surface area contributed by atoms with E-state index >= 15 is 0 Å². The van der Waals surface area contributed by atoms with Crippen molar-refractivity contribution in [1.29, 1.82) is 0 Å². The first-order chi connectivity index (χ1) is 11.3. The van der Waals surface area contributed by atoms with Gasteiger partial charge < -0.3 is 15.4 Å². The van der Waals surface area contributed by atoms with Gasteiger partial charge in [0.05, 0.1) is 6.54 Å². The molecule has 0 aromatic carbocycles. The molecule has 24 heavy (non-hydrogen) atoms. The molecule has 140 valence electrons. The lowest BCUT2D eigenvalue weighted by atomic mass is 9.88. The predicted molar refractivity (Wildman–Crippen MR) is 110 cm³/mol. The van der Waals surface area contributed by atoms with E-state index in [-0.39, 0.29) is 29.5 Å². The van der Waals surface area contributed by atoms with Gasteiger partial charge in [-0.3, -0.25) is 9.89 Å². The molecule has 0 unspecified atom stereocenters. The average Bonchev–Trinajstić information content (AvgIpc) is 3.27. The van der Waals surface area contributed by atoms with Gasteiger partial charge in [-0.25, -0.2) is 0 Å². The molecule has 0 amide bonds. The van der Waals surface area contributed by atoms with Crippen LogP contribution in [0, 0.1) is 0 Å². The topological polar surface area (TPSA) is 48.9 Å². The first-order valence-corrected chi connectivity index (χ1v) is 9.70. The van der Waals surface area contributed by atoms with E-state index in [4.69, 9.17) is 9.73 Å². The molecule has 0 bridgehead atoms. The smallest absolute Gasteiger partial charge is 0.191 e. The van der Waals surface area contributed by atoms with Crippen molar-refractivity contribution in [2.75, 3.05) is 39.4 Å². The summed E-state index contributed by atoms with van der Waals surface area (Å²) < 4.78 is 5.64. The molecular formula is C18H35IN4O. The molecule has 2 aliphatic heterocycles. The van der Waals surface area contributed by atoms with E-state index in [2.05, 4.69) is 22.5 Å². The Morgan fingerprint density at radius 3 is 2.42 bits per heavy atom. The Hall–Kier alpha value is -0.0800. The molecule has 5 nitrogen and oxygen atoms in total. The third-order valence-corrected chi connectivity index (χ3v) is 5.77. The minimum atomic E-state index is 0. The normalized spacial score (nSPS) is 25.5. The van der Waals surface area contributed by atoms with Crippen molar-refractivity contribution >= 4 is 29.9 Å². The number of halogens is 1. The molecule has 6 heteroatoms. The quantitative estimate of drug-likeness (QED) is 0.384. The number of aliphatic imine (C=N–C) groups is 1. The van der Waals surface area contributed by atoms with Crippen LogP contribution in [0.2, 0.25) is 0 Å². The van der Waals surface area contributed by atoms with Gasteiger partial charge in [0.2, 0.25) is 0 Å². The van der Waals surface area contributed by atoms with Crippen molar-refractivity contribution in [3.63, 3.8) is 0 Å². The fraction of sp³-hybridized carbons (Fsp3) is 0.944. The van der Waals surface area contributed by atoms with Crippen molar-refractivity contribution in [3.05, 3.63) is 0 Å². The van der Waals surface area contributed by atoms with Crippen LogP contribution in [-0.2, 0) is 4.74 Å². The molecule has 0 aromatic rings. The lowest BCUT2D eigenvalue weighted by Gasteiger charge is -2.43. The standard InChI is InChI=1S/C18H34N4O.HI/c1-2-19-17(21-16-7-3-4-8-16)20-15-18(9-13-23-14-10-18)22-11-5-6-12-22;/h16H,2-15H2,1H3,(H2,19,20,21);1H. The molecule has 0 atom stereocenters. The Morgan fingerprint density at radius 2 is 1.79 bits per heavy atom. The van der Waals surface area contributed by atoms with Gasteiger partial charge in [0.15, 0.2) is 5.96 Å². The molecule has 2 saturated heterocycles. The van der Waals surface area contributed by atoms with Crippen LogP contribution in [0.1, 0.15) is 58.3 Å². The van der Waals surface area contributed by atoms with E-state index in [1.807, 2.05) is 0 Å². The minimum Gasteiger partial charge on any atom is -0.381 e. The second-order valence-electron chi connectivity index (χ2n) is 7.35. The Balaban J connectivity index is 0.00000208. The van der Waals surface area contributed by atoms with Gasteiger partial charge in [0.1, 0.15) is 0 Å². The highest BCUT2D eigenvalue weighted by Crippen LogP contribution is 2.31. The number of nitrogens with one attached hydrogen (secondary N) is 2. The van der Waals surface area contributed by atoms with Gasteiger partial charge in [-0.2, -0.15) is 0 Å². The van der Waals surface area contributed by atoms with Crippen LogP contribution in [0.15, 0.2) is 4.99 Å². The first-order valence-electron chi connectivity index (χ1n) is 9.70. The molecule has 2 N–H and O–H groups in total. The minimum absolute atomic E-state index is 0. The van der Waals surface area contributed by atoms with Gasteiger partial charge in [0, 0.05) is 31.3 Å². The second kappa shape index (κ2) is 10.2. The zero-order chi connectivity index (χ0) is 16.0. The monoisotopic (exact) mass is 450 g/mol. The first kappa shape index (κ1) is 20.2. The molecule has 0 spiro atoms. The van der Waals surface area contributed by atoms with Crippen molar-refractivity contribution in [2.24, 2.45) is 4.99 Å². The van der Waals surface area contributed by atoms with Crippen molar-refractivity contribution in [2.45, 2.75) is 69.9 Å². The SMILES string of the molecule is CCNC(=NCC1(N2CCCC2)CCOCC1)NC1CCCC1.I. The summed E-state index contributed by atoms with van der Waals surface area (Å²) in [5.74, 6) is 1.02. The molecule has 0 aromatic heterocycles. The number of hydrogen-bond acceptors (Lipinski definition) is 3. The maximum Gasteiger partial charge on any atom is 0.191 e. The molecule has 2 heterocycles. The average molecular weight is 450 g/mol. The zero-order valence-electron chi connectivity index (χ0n) is 15.2. The van der Waals surface area contributed by atoms with Gasteiger partial charge in [0.25, 0.3) is 0 Å². The van der Waals surface area contributed by atoms with Gasteiger partial charge in [-0.05, 0) is 58.5 Å². The Kier molecular flexibility index (Phi) is 8.57. The number of ether oxygens (including phenoxy) is 1. The molecule has 0 radical (unpaired) electrons. The summed E-state index contributed by atoms with van der Waals surface area (Å²) in [5.41, 5.74) is 0.229. The summed E-state index contributed by atoms with van der Waals surface area (Å²) in [6.07, 6.45) is 10.2. The van der Waals surface area contributed by atoms with Crippen LogP contribution in [0.25, 0.3) is 0 Å². The van der Waals surface area contributed by atoms with Crippen LogP contribution < -0.4 is 10.6 Å². The van der Waals surface area contributed by atoms with Crippen LogP contribution in [0.5, 0.6) is 0 Å². The maximum atomic E-state index is 5.64. The van der Waals surface area contributed by atoms with Crippen LogP contribution in [0.4, 0.5) is 0 Å². The summed E-state index contributed by atoms with van der Waals surface area (Å²) in [6, 6.07) is 0.616. The number of guanidine groups is 1. The fourth-order valence-corrected chi connectivity index (χ4v) is 4.33. The van der Waals surface area contributed by atoms with E-state index in [9.17, 15) is 0 Å². The molecule has 3 fully saturated rings. The lowest BCUT2D eigenvalue weighted by molar-refractivity contribution is -0.0139. The Morgan fingerprint density at radius 1 is 1.12 bits per heavy atom. The van der Waals surface area contributed by atoms with E-state index in [0.29, 0.717) is 6.04 Å². The Labute approximate surface area is 164 Å². The maximum absolute atomic E-state index is 5.64. The highest BCUT2D eigenvalue weighted by atomic mass is 127. The summed E-state index contributed by atoms with van der Waals surface area (Å²) in [6.45, 7) is 8.23. The molecular weight excluding hydrogens is 415 g/mol. The highest BCUT2D eigenvalue weighted by molar-refractivity contribution is 14.0. The molecule has 3 rings (SSSR count). The number of rotatable bonds is 5. The Bertz CT molecular complexity index is 386.